The number of carboxylic acids is 1. The van der Waals surface area contributed by atoms with Crippen molar-refractivity contribution >= 4 is 21.7 Å². The predicted molar refractivity (Wildman–Crippen MR) is 123 cm³/mol. The molecule has 0 aliphatic heterocycles. The highest BCUT2D eigenvalue weighted by Crippen LogP contribution is 2.22. The Hall–Kier alpha value is -3.12. The second kappa shape index (κ2) is 10.3. The van der Waals surface area contributed by atoms with Crippen LogP contribution in [0.25, 0.3) is 0 Å². The molecule has 0 spiro atoms. The first-order valence-corrected chi connectivity index (χ1v) is 11.9. The number of para-hydroxylation sites is 1. The summed E-state index contributed by atoms with van der Waals surface area (Å²) in [4.78, 5) is 11.4. The molecule has 0 heterocycles. The maximum absolute atomic E-state index is 12.9. The SMILES string of the molecule is CCCc1ccc(S(=O)(=O)Nc2ccccc2CCCc2cccc(C(=O)O)c2)cc1. The number of rotatable bonds is 10. The summed E-state index contributed by atoms with van der Waals surface area (Å²) in [7, 11) is -3.68. The Morgan fingerprint density at radius 3 is 2.32 bits per heavy atom. The van der Waals surface area contributed by atoms with Gasteiger partial charge in [-0.2, -0.15) is 0 Å². The van der Waals surface area contributed by atoms with Crippen LogP contribution in [-0.4, -0.2) is 19.5 Å². The summed E-state index contributed by atoms with van der Waals surface area (Å²) < 4.78 is 28.4. The van der Waals surface area contributed by atoms with Gasteiger partial charge in [0.2, 0.25) is 0 Å². The van der Waals surface area contributed by atoms with Gasteiger partial charge in [-0.05, 0) is 72.7 Å². The van der Waals surface area contributed by atoms with E-state index in [9.17, 15) is 13.2 Å². The minimum atomic E-state index is -3.68. The molecule has 0 aromatic heterocycles. The van der Waals surface area contributed by atoms with Crippen LogP contribution < -0.4 is 4.72 Å². The van der Waals surface area contributed by atoms with Gasteiger partial charge in [0.1, 0.15) is 0 Å². The molecule has 31 heavy (non-hydrogen) atoms. The lowest BCUT2D eigenvalue weighted by Gasteiger charge is -2.13. The zero-order chi connectivity index (χ0) is 22.3. The van der Waals surface area contributed by atoms with Crippen LogP contribution in [0, 0.1) is 0 Å². The van der Waals surface area contributed by atoms with Gasteiger partial charge in [0.15, 0.2) is 0 Å². The standard InChI is InChI=1S/C25H27NO4S/c1-2-7-19-14-16-23(17-15-19)31(29,30)26-24-13-4-3-10-21(24)11-5-8-20-9-6-12-22(18-20)25(27)28/h3-4,6,9-10,12-18,26H,2,5,7-8,11H2,1H3,(H,27,28). The first kappa shape index (κ1) is 22.6. The zero-order valence-electron chi connectivity index (χ0n) is 17.5. The molecule has 0 amide bonds. The number of sulfonamides is 1. The Bertz CT molecular complexity index is 1140. The molecule has 0 fully saturated rings. The van der Waals surface area contributed by atoms with Gasteiger partial charge < -0.3 is 5.11 Å². The Kier molecular flexibility index (Phi) is 7.47. The number of aromatic carboxylic acids is 1. The fourth-order valence-electron chi connectivity index (χ4n) is 3.51. The summed E-state index contributed by atoms with van der Waals surface area (Å²) in [5, 5.41) is 9.13. The lowest BCUT2D eigenvalue weighted by atomic mass is 10.0. The Morgan fingerprint density at radius 1 is 0.871 bits per heavy atom. The molecule has 162 valence electrons. The molecule has 0 aliphatic carbocycles. The van der Waals surface area contributed by atoms with Gasteiger partial charge in [-0.3, -0.25) is 4.72 Å². The van der Waals surface area contributed by atoms with Gasteiger partial charge in [0.05, 0.1) is 16.1 Å². The summed E-state index contributed by atoms with van der Waals surface area (Å²) in [6, 6.07) is 21.3. The molecule has 0 aliphatic rings. The maximum Gasteiger partial charge on any atom is 0.335 e. The van der Waals surface area contributed by atoms with E-state index in [0.29, 0.717) is 18.5 Å². The summed E-state index contributed by atoms with van der Waals surface area (Å²) in [5.74, 6) is -0.940. The number of hydrogen-bond acceptors (Lipinski definition) is 3. The molecule has 0 saturated carbocycles. The van der Waals surface area contributed by atoms with Crippen molar-refractivity contribution in [2.45, 2.75) is 43.9 Å². The first-order chi connectivity index (χ1) is 14.9. The Balaban J connectivity index is 1.68. The van der Waals surface area contributed by atoms with Crippen molar-refractivity contribution in [2.75, 3.05) is 4.72 Å². The average Bonchev–Trinajstić information content (AvgIpc) is 2.75. The number of anilines is 1. The fourth-order valence-corrected chi connectivity index (χ4v) is 4.61. The van der Waals surface area contributed by atoms with E-state index in [-0.39, 0.29) is 10.5 Å². The monoisotopic (exact) mass is 437 g/mol. The van der Waals surface area contributed by atoms with Crippen molar-refractivity contribution in [1.82, 2.24) is 0 Å². The molecular formula is C25H27NO4S. The van der Waals surface area contributed by atoms with Crippen LogP contribution in [0.5, 0.6) is 0 Å². The number of benzene rings is 3. The van der Waals surface area contributed by atoms with Crippen molar-refractivity contribution < 1.29 is 18.3 Å². The number of hydrogen-bond donors (Lipinski definition) is 2. The van der Waals surface area contributed by atoms with Crippen molar-refractivity contribution in [3.05, 3.63) is 95.1 Å². The normalized spacial score (nSPS) is 11.3. The summed E-state index contributed by atoms with van der Waals surface area (Å²) in [6.45, 7) is 2.09. The molecule has 0 bridgehead atoms. The third kappa shape index (κ3) is 6.18. The molecule has 6 heteroatoms. The summed E-state index contributed by atoms with van der Waals surface area (Å²) >= 11 is 0. The zero-order valence-corrected chi connectivity index (χ0v) is 18.4. The number of carbonyl (C=O) groups is 1. The second-order valence-corrected chi connectivity index (χ2v) is 9.20. The minimum Gasteiger partial charge on any atom is -0.478 e. The number of nitrogens with one attached hydrogen (secondary N) is 1. The highest BCUT2D eigenvalue weighted by atomic mass is 32.2. The fraction of sp³-hybridized carbons (Fsp3) is 0.240. The van der Waals surface area contributed by atoms with Crippen LogP contribution in [0.4, 0.5) is 5.69 Å². The van der Waals surface area contributed by atoms with E-state index < -0.39 is 16.0 Å². The number of carboxylic acid groups (broad SMARTS) is 1. The highest BCUT2D eigenvalue weighted by molar-refractivity contribution is 7.92. The largest absolute Gasteiger partial charge is 0.478 e. The van der Waals surface area contributed by atoms with E-state index in [1.54, 1.807) is 36.4 Å². The van der Waals surface area contributed by atoms with Crippen LogP contribution in [-0.2, 0) is 29.3 Å². The van der Waals surface area contributed by atoms with E-state index in [1.807, 2.05) is 36.4 Å². The van der Waals surface area contributed by atoms with Crippen LogP contribution in [0.1, 0.15) is 46.8 Å². The second-order valence-electron chi connectivity index (χ2n) is 7.52. The quantitative estimate of drug-likeness (QED) is 0.450. The van der Waals surface area contributed by atoms with Gasteiger partial charge in [0.25, 0.3) is 10.0 Å². The smallest absolute Gasteiger partial charge is 0.335 e. The molecule has 0 unspecified atom stereocenters. The van der Waals surface area contributed by atoms with Gasteiger partial charge in [-0.25, -0.2) is 13.2 Å². The average molecular weight is 438 g/mol. The van der Waals surface area contributed by atoms with E-state index in [2.05, 4.69) is 11.6 Å². The predicted octanol–water partition coefficient (Wildman–Crippen LogP) is 5.31. The van der Waals surface area contributed by atoms with Crippen molar-refractivity contribution in [3.8, 4) is 0 Å². The lowest BCUT2D eigenvalue weighted by molar-refractivity contribution is 0.0696. The van der Waals surface area contributed by atoms with E-state index in [4.69, 9.17) is 5.11 Å². The summed E-state index contributed by atoms with van der Waals surface area (Å²) in [5.41, 5.74) is 3.82. The molecule has 3 aromatic carbocycles. The van der Waals surface area contributed by atoms with Gasteiger partial charge in [-0.1, -0.05) is 55.8 Å². The van der Waals surface area contributed by atoms with Crippen LogP contribution in [0.2, 0.25) is 0 Å². The third-order valence-corrected chi connectivity index (χ3v) is 6.50. The Morgan fingerprint density at radius 2 is 1.61 bits per heavy atom. The van der Waals surface area contributed by atoms with Crippen LogP contribution in [0.15, 0.2) is 77.7 Å². The summed E-state index contributed by atoms with van der Waals surface area (Å²) in [6.07, 6.45) is 4.09. The topological polar surface area (TPSA) is 83.5 Å². The lowest BCUT2D eigenvalue weighted by Crippen LogP contribution is -2.14. The van der Waals surface area contributed by atoms with Crippen molar-refractivity contribution in [2.24, 2.45) is 0 Å². The van der Waals surface area contributed by atoms with Gasteiger partial charge in [0, 0.05) is 0 Å². The van der Waals surface area contributed by atoms with Crippen LogP contribution in [0.3, 0.4) is 0 Å². The third-order valence-electron chi connectivity index (χ3n) is 5.12. The van der Waals surface area contributed by atoms with Gasteiger partial charge in [-0.15, -0.1) is 0 Å². The van der Waals surface area contributed by atoms with Crippen molar-refractivity contribution in [3.63, 3.8) is 0 Å². The number of aryl methyl sites for hydroxylation is 3. The minimum absolute atomic E-state index is 0.243. The highest BCUT2D eigenvalue weighted by Gasteiger charge is 2.16. The van der Waals surface area contributed by atoms with Crippen molar-refractivity contribution in [1.29, 1.82) is 0 Å². The molecule has 0 radical (unpaired) electrons. The molecule has 5 nitrogen and oxygen atoms in total. The molecule has 0 atom stereocenters. The molecule has 3 aromatic rings. The molecule has 2 N–H and O–H groups in total. The molecule has 0 saturated heterocycles. The molecular weight excluding hydrogens is 410 g/mol. The first-order valence-electron chi connectivity index (χ1n) is 10.4. The molecule has 3 rings (SSSR count). The Labute approximate surface area is 183 Å². The van der Waals surface area contributed by atoms with E-state index >= 15 is 0 Å². The maximum atomic E-state index is 12.9. The van der Waals surface area contributed by atoms with Gasteiger partial charge >= 0.3 is 5.97 Å². The van der Waals surface area contributed by atoms with Crippen LogP contribution >= 0.6 is 0 Å². The van der Waals surface area contributed by atoms with E-state index in [0.717, 1.165) is 36.0 Å². The van der Waals surface area contributed by atoms with E-state index in [1.165, 1.54) is 0 Å².